The monoisotopic (exact) mass is 410 g/mol. The van der Waals surface area contributed by atoms with Gasteiger partial charge in [-0.3, -0.25) is 9.10 Å². The highest BCUT2D eigenvalue weighted by atomic mass is 35.5. The third-order valence-electron chi connectivity index (χ3n) is 4.47. The normalized spacial score (nSPS) is 16.1. The van der Waals surface area contributed by atoms with E-state index < -0.39 is 10.0 Å². The largest absolute Gasteiger partial charge is 0.352 e. The first-order chi connectivity index (χ1) is 12.9. The minimum Gasteiger partial charge on any atom is -0.352 e. The van der Waals surface area contributed by atoms with Crippen molar-refractivity contribution in [3.63, 3.8) is 0 Å². The van der Waals surface area contributed by atoms with E-state index in [0.717, 1.165) is 6.42 Å². The molecule has 1 heterocycles. The maximum Gasteiger partial charge on any atom is 0.252 e. The Morgan fingerprint density at radius 1 is 1.19 bits per heavy atom. The number of sulfonamides is 1. The summed E-state index contributed by atoms with van der Waals surface area (Å²) in [6.45, 7) is 0.672. The molecule has 0 bridgehead atoms. The quantitative estimate of drug-likeness (QED) is 0.821. The molecule has 5 nitrogen and oxygen atoms in total. The predicted octanol–water partition coefficient (Wildman–Crippen LogP) is 3.38. The van der Waals surface area contributed by atoms with Crippen LogP contribution in [-0.4, -0.2) is 33.2 Å². The molecule has 1 aliphatic rings. The Hall–Kier alpha value is -2.12. The molecule has 8 heteroatoms. The molecule has 0 aliphatic carbocycles. The van der Waals surface area contributed by atoms with Crippen molar-refractivity contribution >= 4 is 33.2 Å². The number of amides is 1. The minimum absolute atomic E-state index is 0.114. The highest BCUT2D eigenvalue weighted by Gasteiger charge is 2.26. The van der Waals surface area contributed by atoms with E-state index in [1.807, 2.05) is 0 Å². The molecule has 0 saturated carbocycles. The SMILES string of the molecule is O=C(NCCc1ccccc1F)c1ccc(N2CCCCS2(=O)=O)cc1Cl. The molecule has 1 N–H and O–H groups in total. The van der Waals surface area contributed by atoms with Crippen LogP contribution in [0.15, 0.2) is 42.5 Å². The van der Waals surface area contributed by atoms with Crippen LogP contribution in [0.1, 0.15) is 28.8 Å². The Kier molecular flexibility index (Phi) is 6.01. The van der Waals surface area contributed by atoms with Crippen LogP contribution >= 0.6 is 11.6 Å². The third kappa shape index (κ3) is 4.59. The first-order valence-corrected chi connectivity index (χ1v) is 10.7. The maximum atomic E-state index is 13.6. The van der Waals surface area contributed by atoms with Crippen molar-refractivity contribution in [2.75, 3.05) is 23.1 Å². The van der Waals surface area contributed by atoms with Gasteiger partial charge in [0, 0.05) is 13.1 Å². The van der Waals surface area contributed by atoms with E-state index in [9.17, 15) is 17.6 Å². The van der Waals surface area contributed by atoms with Crippen molar-refractivity contribution in [1.82, 2.24) is 5.32 Å². The lowest BCUT2D eigenvalue weighted by Gasteiger charge is -2.28. The molecule has 1 saturated heterocycles. The van der Waals surface area contributed by atoms with Gasteiger partial charge in [0.15, 0.2) is 0 Å². The number of anilines is 1. The van der Waals surface area contributed by atoms with Crippen LogP contribution in [0.25, 0.3) is 0 Å². The Bertz CT molecular complexity index is 950. The van der Waals surface area contributed by atoms with Crippen LogP contribution < -0.4 is 9.62 Å². The molecule has 3 rings (SSSR count). The lowest BCUT2D eigenvalue weighted by Crippen LogP contribution is -2.37. The summed E-state index contributed by atoms with van der Waals surface area (Å²) in [5.74, 6) is -0.579. The van der Waals surface area contributed by atoms with Crippen LogP contribution in [0.5, 0.6) is 0 Å². The van der Waals surface area contributed by atoms with Crippen LogP contribution in [0.4, 0.5) is 10.1 Å². The maximum absolute atomic E-state index is 13.6. The molecule has 0 spiro atoms. The Balaban J connectivity index is 1.66. The molecule has 2 aromatic rings. The zero-order valence-electron chi connectivity index (χ0n) is 14.6. The summed E-state index contributed by atoms with van der Waals surface area (Å²) >= 11 is 6.22. The molecule has 1 aliphatic heterocycles. The van der Waals surface area contributed by atoms with Crippen LogP contribution in [0.2, 0.25) is 5.02 Å². The number of nitrogens with one attached hydrogen (secondary N) is 1. The minimum atomic E-state index is -3.34. The predicted molar refractivity (Wildman–Crippen MR) is 104 cm³/mol. The second kappa shape index (κ2) is 8.27. The Morgan fingerprint density at radius 2 is 1.96 bits per heavy atom. The molecule has 0 atom stereocenters. The van der Waals surface area contributed by atoms with Crippen LogP contribution in [0, 0.1) is 5.82 Å². The zero-order valence-corrected chi connectivity index (χ0v) is 16.2. The Morgan fingerprint density at radius 3 is 2.67 bits per heavy atom. The van der Waals surface area contributed by atoms with Gasteiger partial charge in [0.05, 0.1) is 22.0 Å². The van der Waals surface area contributed by atoms with E-state index in [4.69, 9.17) is 11.6 Å². The van der Waals surface area contributed by atoms with Crippen LogP contribution in [0.3, 0.4) is 0 Å². The molecule has 1 fully saturated rings. The summed E-state index contributed by atoms with van der Waals surface area (Å²) < 4.78 is 39.3. The second-order valence-electron chi connectivity index (χ2n) is 6.36. The van der Waals surface area contributed by atoms with E-state index in [1.165, 1.54) is 22.5 Å². The molecule has 0 aromatic heterocycles. The topological polar surface area (TPSA) is 66.5 Å². The van der Waals surface area contributed by atoms with Crippen molar-refractivity contribution in [2.45, 2.75) is 19.3 Å². The van der Waals surface area contributed by atoms with Crippen molar-refractivity contribution in [3.05, 3.63) is 64.4 Å². The first-order valence-electron chi connectivity index (χ1n) is 8.70. The first kappa shape index (κ1) is 19.6. The van der Waals surface area contributed by atoms with Gasteiger partial charge < -0.3 is 5.32 Å². The van der Waals surface area contributed by atoms with Gasteiger partial charge in [-0.2, -0.15) is 0 Å². The molecule has 0 unspecified atom stereocenters. The van der Waals surface area contributed by atoms with Gasteiger partial charge in [-0.05, 0) is 49.1 Å². The third-order valence-corrected chi connectivity index (χ3v) is 6.65. The number of hydrogen-bond acceptors (Lipinski definition) is 3. The van der Waals surface area contributed by atoms with Gasteiger partial charge in [-0.25, -0.2) is 12.8 Å². The average molecular weight is 411 g/mol. The zero-order chi connectivity index (χ0) is 19.4. The number of carbonyl (C=O) groups is 1. The van der Waals surface area contributed by atoms with Gasteiger partial charge in [0.2, 0.25) is 10.0 Å². The van der Waals surface area contributed by atoms with E-state index in [-0.39, 0.29) is 34.6 Å². The standard InChI is InChI=1S/C19H20ClFN2O3S/c20-17-13-15(23-11-3-4-12-27(23,25)26)7-8-16(17)19(24)22-10-9-14-5-1-2-6-18(14)21/h1-2,5-8,13H,3-4,9-12H2,(H,22,24). The highest BCUT2D eigenvalue weighted by molar-refractivity contribution is 7.92. The van der Waals surface area contributed by atoms with Gasteiger partial charge in [0.25, 0.3) is 5.91 Å². The summed E-state index contributed by atoms with van der Waals surface area (Å²) in [5.41, 5.74) is 1.24. The molecule has 27 heavy (non-hydrogen) atoms. The number of hydrogen-bond donors (Lipinski definition) is 1. The number of benzene rings is 2. The van der Waals surface area contributed by atoms with E-state index in [0.29, 0.717) is 30.6 Å². The summed E-state index contributed by atoms with van der Waals surface area (Å²) in [7, 11) is -3.34. The van der Waals surface area contributed by atoms with Crippen molar-refractivity contribution in [2.24, 2.45) is 0 Å². The fourth-order valence-corrected chi connectivity index (χ4v) is 4.92. The molecule has 0 radical (unpaired) electrons. The molecule has 144 valence electrons. The summed E-state index contributed by atoms with van der Waals surface area (Å²) in [5, 5.41) is 2.89. The van der Waals surface area contributed by atoms with Crippen molar-refractivity contribution in [1.29, 1.82) is 0 Å². The van der Waals surface area contributed by atoms with Gasteiger partial charge in [0.1, 0.15) is 5.82 Å². The summed E-state index contributed by atoms with van der Waals surface area (Å²) in [4.78, 5) is 12.3. The van der Waals surface area contributed by atoms with E-state index >= 15 is 0 Å². The van der Waals surface area contributed by atoms with E-state index in [2.05, 4.69) is 5.32 Å². The molecule has 1 amide bonds. The highest BCUT2D eigenvalue weighted by Crippen LogP contribution is 2.28. The number of carbonyl (C=O) groups excluding carboxylic acids is 1. The smallest absolute Gasteiger partial charge is 0.252 e. The Labute approximate surface area is 163 Å². The van der Waals surface area contributed by atoms with Crippen molar-refractivity contribution in [3.8, 4) is 0 Å². The molecule has 2 aromatic carbocycles. The number of halogens is 2. The fraction of sp³-hybridized carbons (Fsp3) is 0.316. The lowest BCUT2D eigenvalue weighted by molar-refractivity contribution is 0.0954. The van der Waals surface area contributed by atoms with Gasteiger partial charge in [-0.15, -0.1) is 0 Å². The number of rotatable bonds is 5. The molecular formula is C19H20ClFN2O3S. The van der Waals surface area contributed by atoms with Gasteiger partial charge >= 0.3 is 0 Å². The van der Waals surface area contributed by atoms with Crippen LogP contribution in [-0.2, 0) is 16.4 Å². The van der Waals surface area contributed by atoms with Gasteiger partial charge in [-0.1, -0.05) is 29.8 Å². The average Bonchev–Trinajstić information content (AvgIpc) is 2.62. The summed E-state index contributed by atoms with van der Waals surface area (Å²) in [6.07, 6.45) is 1.80. The van der Waals surface area contributed by atoms with Crippen molar-refractivity contribution < 1.29 is 17.6 Å². The van der Waals surface area contributed by atoms with E-state index in [1.54, 1.807) is 24.3 Å². The second-order valence-corrected chi connectivity index (χ2v) is 8.78. The molecular weight excluding hydrogens is 391 g/mol. The lowest BCUT2D eigenvalue weighted by atomic mass is 10.1. The fourth-order valence-electron chi connectivity index (χ4n) is 3.03. The summed E-state index contributed by atoms with van der Waals surface area (Å²) in [6, 6.07) is 11.0. The number of nitrogens with zero attached hydrogens (tertiary/aromatic N) is 1.